The normalized spacial score (nSPS) is 10.2. The number of carbonyl (C=O) groups is 1. The summed E-state index contributed by atoms with van der Waals surface area (Å²) in [5, 5.41) is 11.4. The van der Waals surface area contributed by atoms with Crippen molar-refractivity contribution in [3.63, 3.8) is 0 Å². The van der Waals surface area contributed by atoms with Crippen LogP contribution in [0, 0.1) is 6.92 Å². The van der Waals surface area contributed by atoms with Gasteiger partial charge in [0.25, 0.3) is 5.56 Å². The van der Waals surface area contributed by atoms with Crippen molar-refractivity contribution in [1.82, 2.24) is 9.97 Å². The van der Waals surface area contributed by atoms with Gasteiger partial charge in [-0.1, -0.05) is 6.42 Å². The maximum Gasteiger partial charge on any atom is 0.303 e. The number of aryl methyl sites for hydroxylation is 1. The molecule has 0 aliphatic carbocycles. The molecule has 94 valence electrons. The maximum absolute atomic E-state index is 11.2. The largest absolute Gasteiger partial charge is 0.481 e. The summed E-state index contributed by atoms with van der Waals surface area (Å²) in [6.07, 6.45) is 4.10. The van der Waals surface area contributed by atoms with Gasteiger partial charge < -0.3 is 10.4 Å². The van der Waals surface area contributed by atoms with Crippen LogP contribution in [0.1, 0.15) is 31.2 Å². The van der Waals surface area contributed by atoms with E-state index in [1.165, 1.54) is 6.20 Å². The number of anilines is 1. The van der Waals surface area contributed by atoms with Crippen LogP contribution in [0.2, 0.25) is 0 Å². The van der Waals surface area contributed by atoms with Crippen molar-refractivity contribution in [3.05, 3.63) is 22.1 Å². The van der Waals surface area contributed by atoms with Crippen LogP contribution >= 0.6 is 0 Å². The lowest BCUT2D eigenvalue weighted by atomic mass is 10.2. The number of nitrogens with zero attached hydrogens (tertiary/aromatic N) is 1. The molecule has 1 heterocycles. The molecule has 6 heteroatoms. The van der Waals surface area contributed by atoms with E-state index in [1.807, 2.05) is 0 Å². The maximum atomic E-state index is 11.2. The van der Waals surface area contributed by atoms with Crippen LogP contribution in [0.15, 0.2) is 11.0 Å². The third-order valence-electron chi connectivity index (χ3n) is 2.34. The van der Waals surface area contributed by atoms with E-state index >= 15 is 0 Å². The highest BCUT2D eigenvalue weighted by atomic mass is 16.4. The average molecular weight is 239 g/mol. The number of rotatable bonds is 7. The highest BCUT2D eigenvalue weighted by Crippen LogP contribution is 2.01. The van der Waals surface area contributed by atoms with Crippen molar-refractivity contribution < 1.29 is 9.90 Å². The molecule has 1 aromatic heterocycles. The summed E-state index contributed by atoms with van der Waals surface area (Å²) in [6, 6.07) is 0. The predicted octanol–water partition coefficient (Wildman–Crippen LogP) is 1.14. The first kappa shape index (κ1) is 13.2. The molecule has 0 bridgehead atoms. The molecule has 17 heavy (non-hydrogen) atoms. The van der Waals surface area contributed by atoms with Crippen molar-refractivity contribution in [2.45, 2.75) is 32.6 Å². The number of carboxylic acids is 1. The fourth-order valence-electron chi connectivity index (χ4n) is 1.33. The number of aromatic amines is 1. The van der Waals surface area contributed by atoms with Crippen LogP contribution in [-0.2, 0) is 4.79 Å². The minimum Gasteiger partial charge on any atom is -0.481 e. The number of aromatic nitrogens is 2. The smallest absolute Gasteiger partial charge is 0.303 e. The summed E-state index contributed by atoms with van der Waals surface area (Å²) in [4.78, 5) is 28.1. The van der Waals surface area contributed by atoms with Crippen molar-refractivity contribution in [1.29, 1.82) is 0 Å². The van der Waals surface area contributed by atoms with E-state index in [2.05, 4.69) is 15.3 Å². The van der Waals surface area contributed by atoms with Crippen LogP contribution in [0.5, 0.6) is 0 Å². The Morgan fingerprint density at radius 3 is 2.88 bits per heavy atom. The molecule has 0 atom stereocenters. The highest BCUT2D eigenvalue weighted by Gasteiger charge is 1.98. The van der Waals surface area contributed by atoms with Gasteiger partial charge in [0, 0.05) is 24.7 Å². The molecule has 0 saturated heterocycles. The Balaban J connectivity index is 2.20. The summed E-state index contributed by atoms with van der Waals surface area (Å²) in [6.45, 7) is 2.37. The molecule has 0 fully saturated rings. The first-order valence-corrected chi connectivity index (χ1v) is 5.61. The molecule has 0 aliphatic rings. The lowest BCUT2D eigenvalue weighted by Gasteiger charge is -2.04. The second-order valence-corrected chi connectivity index (χ2v) is 3.88. The van der Waals surface area contributed by atoms with Gasteiger partial charge in [0.1, 0.15) is 0 Å². The van der Waals surface area contributed by atoms with Crippen molar-refractivity contribution in [3.8, 4) is 0 Å². The molecule has 3 N–H and O–H groups in total. The zero-order valence-corrected chi connectivity index (χ0v) is 9.82. The summed E-state index contributed by atoms with van der Waals surface area (Å²) in [5.41, 5.74) is 0.436. The average Bonchev–Trinajstić information content (AvgIpc) is 2.27. The van der Waals surface area contributed by atoms with Crippen molar-refractivity contribution in [2.24, 2.45) is 0 Å². The number of unbranched alkanes of at least 4 members (excludes halogenated alkanes) is 2. The number of hydrogen-bond acceptors (Lipinski definition) is 4. The Kier molecular flexibility index (Phi) is 5.19. The second-order valence-electron chi connectivity index (χ2n) is 3.88. The van der Waals surface area contributed by atoms with Gasteiger partial charge in [-0.2, -0.15) is 0 Å². The highest BCUT2D eigenvalue weighted by molar-refractivity contribution is 5.66. The van der Waals surface area contributed by atoms with E-state index in [9.17, 15) is 9.59 Å². The van der Waals surface area contributed by atoms with E-state index < -0.39 is 5.97 Å². The van der Waals surface area contributed by atoms with Crippen molar-refractivity contribution in [2.75, 3.05) is 11.9 Å². The molecule has 1 rings (SSSR count). The van der Waals surface area contributed by atoms with Gasteiger partial charge >= 0.3 is 5.97 Å². The molecule has 0 saturated carbocycles. The van der Waals surface area contributed by atoms with Gasteiger partial charge in [0.15, 0.2) is 0 Å². The Hall–Kier alpha value is -1.85. The third kappa shape index (κ3) is 5.14. The lowest BCUT2D eigenvalue weighted by molar-refractivity contribution is -0.137. The van der Waals surface area contributed by atoms with Gasteiger partial charge in [-0.25, -0.2) is 4.98 Å². The quantitative estimate of drug-likeness (QED) is 0.620. The fraction of sp³-hybridized carbons (Fsp3) is 0.545. The van der Waals surface area contributed by atoms with Crippen LogP contribution < -0.4 is 10.9 Å². The number of hydrogen-bond donors (Lipinski definition) is 3. The van der Waals surface area contributed by atoms with Crippen LogP contribution in [0.25, 0.3) is 0 Å². The lowest BCUT2D eigenvalue weighted by Crippen LogP contribution is -2.15. The summed E-state index contributed by atoms with van der Waals surface area (Å²) < 4.78 is 0. The minimum atomic E-state index is -0.762. The van der Waals surface area contributed by atoms with Crippen LogP contribution in [0.3, 0.4) is 0 Å². The number of nitrogens with one attached hydrogen (secondary N) is 2. The van der Waals surface area contributed by atoms with E-state index in [0.29, 0.717) is 24.5 Å². The van der Waals surface area contributed by atoms with Gasteiger partial charge in [0.05, 0.1) is 0 Å². The van der Waals surface area contributed by atoms with Gasteiger partial charge in [-0.05, 0) is 19.8 Å². The first-order chi connectivity index (χ1) is 8.09. The van der Waals surface area contributed by atoms with E-state index in [0.717, 1.165) is 12.8 Å². The Morgan fingerprint density at radius 2 is 2.24 bits per heavy atom. The molecular formula is C11H17N3O3. The zero-order valence-electron chi connectivity index (χ0n) is 9.82. The van der Waals surface area contributed by atoms with E-state index in [4.69, 9.17) is 5.11 Å². The predicted molar refractivity (Wildman–Crippen MR) is 64.2 cm³/mol. The first-order valence-electron chi connectivity index (χ1n) is 5.61. The molecule has 0 aliphatic heterocycles. The molecule has 1 aromatic rings. The monoisotopic (exact) mass is 239 g/mol. The topological polar surface area (TPSA) is 95.1 Å². The van der Waals surface area contributed by atoms with Gasteiger partial charge in [0.2, 0.25) is 5.95 Å². The summed E-state index contributed by atoms with van der Waals surface area (Å²) in [7, 11) is 0. The van der Waals surface area contributed by atoms with Gasteiger partial charge in [-0.15, -0.1) is 0 Å². The molecule has 0 unspecified atom stereocenters. The molecule has 0 aromatic carbocycles. The summed E-state index contributed by atoms with van der Waals surface area (Å²) >= 11 is 0. The molecule has 0 spiro atoms. The fourth-order valence-corrected chi connectivity index (χ4v) is 1.33. The molecule has 6 nitrogen and oxygen atoms in total. The summed E-state index contributed by atoms with van der Waals surface area (Å²) in [5.74, 6) is -0.304. The standard InChI is InChI=1S/C11H17N3O3/c1-8-7-13-11(14-10(8)17)12-6-4-2-3-5-9(15)16/h7H,2-6H2,1H3,(H,15,16)(H2,12,13,14,17). The number of H-pyrrole nitrogens is 1. The molecular weight excluding hydrogens is 222 g/mol. The van der Waals surface area contributed by atoms with Crippen molar-refractivity contribution >= 4 is 11.9 Å². The SMILES string of the molecule is Cc1cnc(NCCCCCC(=O)O)[nH]c1=O. The number of aliphatic carboxylic acids is 1. The molecule has 0 amide bonds. The van der Waals surface area contributed by atoms with E-state index in [-0.39, 0.29) is 12.0 Å². The Morgan fingerprint density at radius 1 is 1.47 bits per heavy atom. The second kappa shape index (κ2) is 6.67. The Bertz CT molecular complexity index is 428. The third-order valence-corrected chi connectivity index (χ3v) is 2.34. The van der Waals surface area contributed by atoms with Gasteiger partial charge in [-0.3, -0.25) is 14.6 Å². The zero-order chi connectivity index (χ0) is 12.7. The van der Waals surface area contributed by atoms with Crippen LogP contribution in [-0.4, -0.2) is 27.6 Å². The van der Waals surface area contributed by atoms with Crippen LogP contribution in [0.4, 0.5) is 5.95 Å². The number of carboxylic acid groups (broad SMARTS) is 1. The van der Waals surface area contributed by atoms with E-state index in [1.54, 1.807) is 6.92 Å². The minimum absolute atomic E-state index is 0.145. The Labute approximate surface area is 99.1 Å². The molecule has 0 radical (unpaired) electrons.